The molecule has 4 nitrogen and oxygen atoms in total. The number of rotatable bonds is 4. The summed E-state index contributed by atoms with van der Waals surface area (Å²) in [6.45, 7) is 3.42. The van der Waals surface area contributed by atoms with Crippen molar-refractivity contribution in [2.75, 3.05) is 6.61 Å². The van der Waals surface area contributed by atoms with Crippen molar-refractivity contribution in [2.24, 2.45) is 0 Å². The molecular weight excluding hydrogens is 238 g/mol. The highest BCUT2D eigenvalue weighted by Crippen LogP contribution is 2.18. The number of hydrogen-bond acceptors (Lipinski definition) is 3. The fourth-order valence-electron chi connectivity index (χ4n) is 2.05. The Morgan fingerprint density at radius 2 is 2.11 bits per heavy atom. The molecule has 0 radical (unpaired) electrons. The van der Waals surface area contributed by atoms with Crippen molar-refractivity contribution >= 4 is 10.9 Å². The zero-order chi connectivity index (χ0) is 13.1. The van der Waals surface area contributed by atoms with Gasteiger partial charge in [0.2, 0.25) is 0 Å². The van der Waals surface area contributed by atoms with Crippen LogP contribution in [-0.4, -0.2) is 21.1 Å². The molecular formula is C15H15N3O. The number of hydrogen-bond donors (Lipinski definition) is 0. The second-order valence-electron chi connectivity index (χ2n) is 4.37. The molecule has 2 heterocycles. The molecule has 2 aromatic heterocycles. The van der Waals surface area contributed by atoms with Crippen LogP contribution < -0.4 is 4.74 Å². The minimum atomic E-state index is 0.628. The molecule has 0 aliphatic carbocycles. The summed E-state index contributed by atoms with van der Waals surface area (Å²) in [4.78, 5) is 8.47. The first kappa shape index (κ1) is 11.7. The van der Waals surface area contributed by atoms with Gasteiger partial charge in [-0.05, 0) is 31.2 Å². The molecule has 0 saturated heterocycles. The van der Waals surface area contributed by atoms with Crippen molar-refractivity contribution < 1.29 is 4.74 Å². The SMILES string of the molecule is Cc1nccn1CCOc1ccc2ncccc2c1. The Morgan fingerprint density at radius 3 is 2.95 bits per heavy atom. The van der Waals surface area contributed by atoms with E-state index in [2.05, 4.69) is 14.5 Å². The number of benzene rings is 1. The standard InChI is InChI=1S/C15H15N3O/c1-12-16-7-8-18(12)9-10-19-14-4-5-15-13(11-14)3-2-6-17-15/h2-8,11H,9-10H2,1H3. The van der Waals surface area contributed by atoms with Gasteiger partial charge in [0.05, 0.1) is 12.1 Å². The van der Waals surface area contributed by atoms with Crippen LogP contribution in [0.2, 0.25) is 0 Å². The van der Waals surface area contributed by atoms with Gasteiger partial charge in [0.15, 0.2) is 0 Å². The summed E-state index contributed by atoms with van der Waals surface area (Å²) in [5.41, 5.74) is 0.986. The molecule has 3 rings (SSSR count). The van der Waals surface area contributed by atoms with Crippen LogP contribution >= 0.6 is 0 Å². The zero-order valence-electron chi connectivity index (χ0n) is 10.8. The minimum absolute atomic E-state index is 0.628. The normalized spacial score (nSPS) is 10.8. The zero-order valence-corrected chi connectivity index (χ0v) is 10.8. The molecule has 0 aliphatic rings. The van der Waals surface area contributed by atoms with E-state index in [0.29, 0.717) is 6.61 Å². The summed E-state index contributed by atoms with van der Waals surface area (Å²) in [5, 5.41) is 1.10. The van der Waals surface area contributed by atoms with Crippen molar-refractivity contribution in [3.05, 3.63) is 54.7 Å². The number of ether oxygens (including phenoxy) is 1. The molecule has 96 valence electrons. The van der Waals surface area contributed by atoms with Gasteiger partial charge in [-0.15, -0.1) is 0 Å². The quantitative estimate of drug-likeness (QED) is 0.717. The second-order valence-corrected chi connectivity index (χ2v) is 4.37. The monoisotopic (exact) mass is 253 g/mol. The second kappa shape index (κ2) is 5.10. The minimum Gasteiger partial charge on any atom is -0.492 e. The summed E-state index contributed by atoms with van der Waals surface area (Å²) < 4.78 is 7.84. The first-order valence-corrected chi connectivity index (χ1v) is 6.28. The van der Waals surface area contributed by atoms with E-state index in [1.54, 1.807) is 12.4 Å². The maximum Gasteiger partial charge on any atom is 0.120 e. The lowest BCUT2D eigenvalue weighted by molar-refractivity contribution is 0.297. The van der Waals surface area contributed by atoms with Crippen LogP contribution in [-0.2, 0) is 6.54 Å². The number of fused-ring (bicyclic) bond motifs is 1. The van der Waals surface area contributed by atoms with Crippen molar-refractivity contribution in [1.29, 1.82) is 0 Å². The van der Waals surface area contributed by atoms with Crippen LogP contribution in [0.5, 0.6) is 5.75 Å². The van der Waals surface area contributed by atoms with E-state index in [1.807, 2.05) is 43.5 Å². The number of imidazole rings is 1. The molecule has 0 unspecified atom stereocenters. The third-order valence-electron chi connectivity index (χ3n) is 3.10. The number of aryl methyl sites for hydroxylation is 1. The highest BCUT2D eigenvalue weighted by atomic mass is 16.5. The van der Waals surface area contributed by atoms with Gasteiger partial charge < -0.3 is 9.30 Å². The van der Waals surface area contributed by atoms with E-state index in [9.17, 15) is 0 Å². The van der Waals surface area contributed by atoms with Crippen molar-refractivity contribution in [3.8, 4) is 5.75 Å². The fraction of sp³-hybridized carbons (Fsp3) is 0.200. The molecule has 19 heavy (non-hydrogen) atoms. The van der Waals surface area contributed by atoms with Gasteiger partial charge in [-0.25, -0.2) is 4.98 Å². The first-order chi connectivity index (χ1) is 9.33. The Labute approximate surface area is 111 Å². The molecule has 0 bridgehead atoms. The predicted octanol–water partition coefficient (Wildman–Crippen LogP) is 2.82. The predicted molar refractivity (Wildman–Crippen MR) is 74.2 cm³/mol. The molecule has 4 heteroatoms. The molecule has 0 atom stereocenters. The van der Waals surface area contributed by atoms with Gasteiger partial charge in [0, 0.05) is 24.0 Å². The van der Waals surface area contributed by atoms with E-state index < -0.39 is 0 Å². The van der Waals surface area contributed by atoms with Crippen LogP contribution in [0.4, 0.5) is 0 Å². The third kappa shape index (κ3) is 2.57. The van der Waals surface area contributed by atoms with Crippen LogP contribution in [0, 0.1) is 6.92 Å². The first-order valence-electron chi connectivity index (χ1n) is 6.28. The van der Waals surface area contributed by atoms with Crippen LogP contribution in [0.25, 0.3) is 10.9 Å². The molecule has 0 aliphatic heterocycles. The Morgan fingerprint density at radius 1 is 1.16 bits per heavy atom. The topological polar surface area (TPSA) is 39.9 Å². The Kier molecular flexibility index (Phi) is 3.14. The highest BCUT2D eigenvalue weighted by Gasteiger charge is 1.99. The Balaban J connectivity index is 1.67. The lowest BCUT2D eigenvalue weighted by Gasteiger charge is -2.08. The summed E-state index contributed by atoms with van der Waals surface area (Å²) in [6, 6.07) is 9.92. The van der Waals surface area contributed by atoms with Gasteiger partial charge in [-0.2, -0.15) is 0 Å². The van der Waals surface area contributed by atoms with E-state index in [4.69, 9.17) is 4.74 Å². The lowest BCUT2D eigenvalue weighted by Crippen LogP contribution is -2.08. The fourth-order valence-corrected chi connectivity index (χ4v) is 2.05. The third-order valence-corrected chi connectivity index (χ3v) is 3.10. The van der Waals surface area contributed by atoms with Gasteiger partial charge in [-0.1, -0.05) is 6.07 Å². The van der Waals surface area contributed by atoms with Crippen LogP contribution in [0.3, 0.4) is 0 Å². The number of pyridine rings is 1. The maximum absolute atomic E-state index is 5.77. The van der Waals surface area contributed by atoms with Gasteiger partial charge >= 0.3 is 0 Å². The lowest BCUT2D eigenvalue weighted by atomic mass is 10.2. The molecule has 0 amide bonds. The van der Waals surface area contributed by atoms with Crippen LogP contribution in [0.1, 0.15) is 5.82 Å². The largest absolute Gasteiger partial charge is 0.492 e. The van der Waals surface area contributed by atoms with Gasteiger partial charge in [0.25, 0.3) is 0 Å². The maximum atomic E-state index is 5.77. The highest BCUT2D eigenvalue weighted by molar-refractivity contribution is 5.79. The molecule has 0 saturated carbocycles. The van der Waals surface area contributed by atoms with Crippen molar-refractivity contribution in [3.63, 3.8) is 0 Å². The molecule has 0 N–H and O–H groups in total. The van der Waals surface area contributed by atoms with E-state index in [-0.39, 0.29) is 0 Å². The molecule has 3 aromatic rings. The van der Waals surface area contributed by atoms with E-state index in [0.717, 1.165) is 29.0 Å². The van der Waals surface area contributed by atoms with E-state index >= 15 is 0 Å². The van der Waals surface area contributed by atoms with Gasteiger partial charge in [-0.3, -0.25) is 4.98 Å². The summed E-state index contributed by atoms with van der Waals surface area (Å²) >= 11 is 0. The van der Waals surface area contributed by atoms with E-state index in [1.165, 1.54) is 0 Å². The molecule has 1 aromatic carbocycles. The number of nitrogens with zero attached hydrogens (tertiary/aromatic N) is 3. The van der Waals surface area contributed by atoms with Crippen molar-refractivity contribution in [1.82, 2.24) is 14.5 Å². The Hall–Kier alpha value is -2.36. The Bertz CT molecular complexity index is 690. The summed E-state index contributed by atoms with van der Waals surface area (Å²) in [5.74, 6) is 1.88. The van der Waals surface area contributed by atoms with Gasteiger partial charge in [0.1, 0.15) is 18.2 Å². The smallest absolute Gasteiger partial charge is 0.120 e. The summed E-state index contributed by atoms with van der Waals surface area (Å²) in [6.07, 6.45) is 5.56. The van der Waals surface area contributed by atoms with Crippen molar-refractivity contribution in [2.45, 2.75) is 13.5 Å². The average molecular weight is 253 g/mol. The number of aromatic nitrogens is 3. The molecule has 0 fully saturated rings. The average Bonchev–Trinajstić information content (AvgIpc) is 2.84. The molecule has 0 spiro atoms. The van der Waals surface area contributed by atoms with Crippen LogP contribution in [0.15, 0.2) is 48.9 Å². The summed E-state index contributed by atoms with van der Waals surface area (Å²) in [7, 11) is 0.